The van der Waals surface area contributed by atoms with Crippen molar-refractivity contribution < 1.29 is 8.42 Å². The van der Waals surface area contributed by atoms with E-state index in [1.807, 2.05) is 6.26 Å². The van der Waals surface area contributed by atoms with E-state index >= 15 is 0 Å². The molecule has 1 aromatic carbocycles. The third kappa shape index (κ3) is 4.10. The number of thioether (sulfide) groups is 1. The molecule has 0 saturated heterocycles. The highest BCUT2D eigenvalue weighted by Crippen LogP contribution is 2.22. The van der Waals surface area contributed by atoms with Gasteiger partial charge in [-0.15, -0.1) is 0 Å². The average molecular weight is 275 g/mol. The van der Waals surface area contributed by atoms with Gasteiger partial charge in [0, 0.05) is 11.8 Å². The standard InChI is InChI=1S/C10H17N3O2S2/c1-7(16-2)6-13-10-5-8(17(12,14)15)3-4-9(10)11/h3-5,7,13H,6,11H2,1-2H3,(H2,12,14,15). The fourth-order valence-corrected chi connectivity index (χ4v) is 1.99. The smallest absolute Gasteiger partial charge is 0.238 e. The molecule has 1 aromatic rings. The summed E-state index contributed by atoms with van der Waals surface area (Å²) in [6.07, 6.45) is 2.01. The molecule has 0 heterocycles. The fourth-order valence-electron chi connectivity index (χ4n) is 1.20. The first-order valence-corrected chi connectivity index (χ1v) is 7.87. The molecule has 0 spiro atoms. The average Bonchev–Trinajstić information content (AvgIpc) is 2.26. The van der Waals surface area contributed by atoms with Crippen molar-refractivity contribution in [2.45, 2.75) is 17.1 Å². The predicted octanol–water partition coefficient (Wildman–Crippen LogP) is 1.08. The molecule has 5 nitrogen and oxygen atoms in total. The molecule has 0 saturated carbocycles. The molecular weight excluding hydrogens is 258 g/mol. The number of primary sulfonamides is 1. The number of hydrogen-bond donors (Lipinski definition) is 3. The van der Waals surface area contributed by atoms with E-state index in [1.54, 1.807) is 11.8 Å². The van der Waals surface area contributed by atoms with Gasteiger partial charge in [0.2, 0.25) is 10.0 Å². The second-order valence-corrected chi connectivity index (χ2v) is 6.56. The molecule has 7 heteroatoms. The maximum absolute atomic E-state index is 11.2. The van der Waals surface area contributed by atoms with Gasteiger partial charge >= 0.3 is 0 Å². The van der Waals surface area contributed by atoms with Crippen LogP contribution in [0.5, 0.6) is 0 Å². The number of benzene rings is 1. The highest BCUT2D eigenvalue weighted by Gasteiger charge is 2.10. The summed E-state index contributed by atoms with van der Waals surface area (Å²) in [6.45, 7) is 2.77. The summed E-state index contributed by atoms with van der Waals surface area (Å²) in [5, 5.41) is 8.58. The van der Waals surface area contributed by atoms with Gasteiger partial charge in [0.05, 0.1) is 16.3 Å². The van der Waals surface area contributed by atoms with Crippen molar-refractivity contribution in [1.82, 2.24) is 0 Å². The minimum Gasteiger partial charge on any atom is -0.397 e. The minimum atomic E-state index is -3.69. The number of anilines is 2. The van der Waals surface area contributed by atoms with Crippen LogP contribution in [0.1, 0.15) is 6.92 Å². The summed E-state index contributed by atoms with van der Waals surface area (Å²) < 4.78 is 22.4. The third-order valence-electron chi connectivity index (χ3n) is 2.34. The van der Waals surface area contributed by atoms with Crippen LogP contribution >= 0.6 is 11.8 Å². The molecule has 0 aliphatic heterocycles. The van der Waals surface area contributed by atoms with Gasteiger partial charge in [-0.1, -0.05) is 6.92 Å². The van der Waals surface area contributed by atoms with Crippen LogP contribution in [-0.2, 0) is 10.0 Å². The maximum atomic E-state index is 11.2. The number of sulfonamides is 1. The second-order valence-electron chi connectivity index (χ2n) is 3.72. The van der Waals surface area contributed by atoms with Crippen molar-refractivity contribution in [2.75, 3.05) is 23.9 Å². The molecule has 5 N–H and O–H groups in total. The van der Waals surface area contributed by atoms with Crippen molar-refractivity contribution >= 4 is 33.2 Å². The van der Waals surface area contributed by atoms with Gasteiger partial charge in [0.15, 0.2) is 0 Å². The Labute approximate surface area is 106 Å². The van der Waals surface area contributed by atoms with Gasteiger partial charge in [-0.2, -0.15) is 11.8 Å². The molecule has 0 bridgehead atoms. The van der Waals surface area contributed by atoms with Gasteiger partial charge in [-0.3, -0.25) is 0 Å². The van der Waals surface area contributed by atoms with Gasteiger partial charge in [-0.05, 0) is 24.5 Å². The zero-order chi connectivity index (χ0) is 13.1. The van der Waals surface area contributed by atoms with Crippen LogP contribution in [0.4, 0.5) is 11.4 Å². The molecule has 0 radical (unpaired) electrons. The van der Waals surface area contributed by atoms with Gasteiger partial charge in [0.25, 0.3) is 0 Å². The number of nitrogen functional groups attached to an aromatic ring is 1. The van der Waals surface area contributed by atoms with Crippen LogP contribution in [0.3, 0.4) is 0 Å². The maximum Gasteiger partial charge on any atom is 0.238 e. The first-order chi connectivity index (χ1) is 7.84. The summed E-state index contributed by atoms with van der Waals surface area (Å²) in [6, 6.07) is 4.39. The number of nitrogens with two attached hydrogens (primary N) is 2. The Bertz CT molecular complexity index is 488. The molecular formula is C10H17N3O2S2. The van der Waals surface area contributed by atoms with Gasteiger partial charge < -0.3 is 11.1 Å². The molecule has 96 valence electrons. The lowest BCUT2D eigenvalue weighted by atomic mass is 10.2. The van der Waals surface area contributed by atoms with Crippen LogP contribution in [0.25, 0.3) is 0 Å². The van der Waals surface area contributed by atoms with Gasteiger partial charge in [-0.25, -0.2) is 13.6 Å². The minimum absolute atomic E-state index is 0.0611. The van der Waals surface area contributed by atoms with Crippen molar-refractivity contribution in [2.24, 2.45) is 5.14 Å². The molecule has 1 rings (SSSR count). The third-order valence-corrected chi connectivity index (χ3v) is 4.22. The Hall–Kier alpha value is -0.920. The summed E-state index contributed by atoms with van der Waals surface area (Å²) >= 11 is 1.71. The zero-order valence-electron chi connectivity index (χ0n) is 9.80. The highest BCUT2D eigenvalue weighted by atomic mass is 32.2. The molecule has 0 aliphatic carbocycles. The largest absolute Gasteiger partial charge is 0.397 e. The lowest BCUT2D eigenvalue weighted by Crippen LogP contribution is -2.16. The second kappa shape index (κ2) is 5.61. The highest BCUT2D eigenvalue weighted by molar-refractivity contribution is 7.99. The normalized spacial score (nSPS) is 13.4. The van der Waals surface area contributed by atoms with Crippen molar-refractivity contribution in [1.29, 1.82) is 0 Å². The molecule has 0 fully saturated rings. The topological polar surface area (TPSA) is 98.2 Å². The summed E-state index contributed by atoms with van der Waals surface area (Å²) in [4.78, 5) is 0.0611. The van der Waals surface area contributed by atoms with E-state index in [1.165, 1.54) is 18.2 Å². The van der Waals surface area contributed by atoms with E-state index in [0.717, 1.165) is 0 Å². The van der Waals surface area contributed by atoms with Crippen LogP contribution in [0.15, 0.2) is 23.1 Å². The number of hydrogen-bond acceptors (Lipinski definition) is 5. The lowest BCUT2D eigenvalue weighted by Gasteiger charge is -2.13. The van der Waals surface area contributed by atoms with E-state index in [2.05, 4.69) is 12.2 Å². The van der Waals surface area contributed by atoms with Crippen LogP contribution in [0, 0.1) is 0 Å². The fraction of sp³-hybridized carbons (Fsp3) is 0.400. The molecule has 0 aliphatic rings. The number of nitrogens with one attached hydrogen (secondary N) is 1. The van der Waals surface area contributed by atoms with Crippen LogP contribution < -0.4 is 16.2 Å². The summed E-state index contributed by atoms with van der Waals surface area (Å²) in [7, 11) is -3.69. The predicted molar refractivity (Wildman–Crippen MR) is 73.7 cm³/mol. The monoisotopic (exact) mass is 275 g/mol. The first kappa shape index (κ1) is 14.1. The van der Waals surface area contributed by atoms with E-state index in [-0.39, 0.29) is 4.90 Å². The van der Waals surface area contributed by atoms with Crippen LogP contribution in [0.2, 0.25) is 0 Å². The Kier molecular flexibility index (Phi) is 4.67. The molecule has 0 aromatic heterocycles. The number of rotatable bonds is 5. The van der Waals surface area contributed by atoms with Crippen LogP contribution in [-0.4, -0.2) is 26.5 Å². The summed E-state index contributed by atoms with van der Waals surface area (Å²) in [5.74, 6) is 0. The van der Waals surface area contributed by atoms with Crippen molar-refractivity contribution in [3.05, 3.63) is 18.2 Å². The first-order valence-electron chi connectivity index (χ1n) is 5.03. The Morgan fingerprint density at radius 1 is 1.47 bits per heavy atom. The summed E-state index contributed by atoms with van der Waals surface area (Å²) in [5.41, 5.74) is 6.86. The lowest BCUT2D eigenvalue weighted by molar-refractivity contribution is 0.598. The quantitative estimate of drug-likeness (QED) is 0.698. The van der Waals surface area contributed by atoms with E-state index in [0.29, 0.717) is 23.2 Å². The van der Waals surface area contributed by atoms with Gasteiger partial charge in [0.1, 0.15) is 0 Å². The van der Waals surface area contributed by atoms with E-state index < -0.39 is 10.0 Å². The Balaban J connectivity index is 2.92. The van der Waals surface area contributed by atoms with Crippen molar-refractivity contribution in [3.8, 4) is 0 Å². The Morgan fingerprint density at radius 2 is 2.12 bits per heavy atom. The molecule has 1 unspecified atom stereocenters. The molecule has 17 heavy (non-hydrogen) atoms. The Morgan fingerprint density at radius 3 is 2.65 bits per heavy atom. The van der Waals surface area contributed by atoms with Crippen molar-refractivity contribution in [3.63, 3.8) is 0 Å². The SMILES string of the molecule is CSC(C)CNc1cc(S(N)(=O)=O)ccc1N. The molecule has 0 amide bonds. The van der Waals surface area contributed by atoms with E-state index in [9.17, 15) is 8.42 Å². The zero-order valence-corrected chi connectivity index (χ0v) is 11.4. The molecule has 1 atom stereocenters. The van der Waals surface area contributed by atoms with E-state index in [4.69, 9.17) is 10.9 Å².